The molecule has 1 saturated heterocycles. The van der Waals surface area contributed by atoms with E-state index in [2.05, 4.69) is 10.6 Å². The molecule has 0 aliphatic carbocycles. The van der Waals surface area contributed by atoms with Gasteiger partial charge in [-0.25, -0.2) is 4.90 Å². The number of carboxylic acid groups (broad SMARTS) is 1. The molecule has 7 N–H and O–H groups in total. The standard InChI is InChI=1S/C22H35N3O6/c26-17-12-11-16(20(29)24-17)25-21(30)14-8-7-9-15(19(14)22(25)31)23-13-6-4-2-1-3-5-10-18(27)28/h7-9,16-17,20-24,26,29-31H,1-6,10-13H2,(H,27,28). The fraction of sp³-hybridized carbons (Fsp3) is 0.682. The van der Waals surface area contributed by atoms with Crippen molar-refractivity contribution in [3.05, 3.63) is 29.3 Å². The Bertz CT molecular complexity index is 733. The summed E-state index contributed by atoms with van der Waals surface area (Å²) in [5, 5.41) is 56.4. The smallest absolute Gasteiger partial charge is 0.303 e. The summed E-state index contributed by atoms with van der Waals surface area (Å²) in [6, 6.07) is 4.98. The maximum Gasteiger partial charge on any atom is 0.303 e. The van der Waals surface area contributed by atoms with E-state index in [4.69, 9.17) is 5.11 Å². The van der Waals surface area contributed by atoms with Gasteiger partial charge in [0.15, 0.2) is 0 Å². The van der Waals surface area contributed by atoms with Gasteiger partial charge in [-0.1, -0.05) is 37.8 Å². The number of nitrogens with zero attached hydrogens (tertiary/aromatic N) is 1. The third-order valence-electron chi connectivity index (χ3n) is 6.22. The fourth-order valence-electron chi connectivity index (χ4n) is 4.58. The molecule has 31 heavy (non-hydrogen) atoms. The molecule has 0 aromatic heterocycles. The molecule has 1 aromatic carbocycles. The molecule has 2 aliphatic rings. The Morgan fingerprint density at radius 3 is 2.42 bits per heavy atom. The Hall–Kier alpha value is -1.75. The van der Waals surface area contributed by atoms with E-state index in [-0.39, 0.29) is 6.42 Å². The Morgan fingerprint density at radius 1 is 1.00 bits per heavy atom. The van der Waals surface area contributed by atoms with Gasteiger partial charge in [-0.15, -0.1) is 0 Å². The molecule has 0 radical (unpaired) electrons. The summed E-state index contributed by atoms with van der Waals surface area (Å²) >= 11 is 0. The molecule has 0 spiro atoms. The van der Waals surface area contributed by atoms with Crippen LogP contribution in [0.25, 0.3) is 0 Å². The largest absolute Gasteiger partial charge is 0.481 e. The van der Waals surface area contributed by atoms with Crippen LogP contribution in [0.5, 0.6) is 0 Å². The lowest BCUT2D eigenvalue weighted by Gasteiger charge is -2.40. The highest BCUT2D eigenvalue weighted by molar-refractivity contribution is 5.66. The SMILES string of the molecule is O=C(O)CCCCCCCCNc1cccc2c1C(O)N(C1CCC(O)NC1O)C2O. The first-order valence-electron chi connectivity index (χ1n) is 11.2. The second-order valence-electron chi connectivity index (χ2n) is 8.47. The Kier molecular flexibility index (Phi) is 8.65. The molecule has 5 unspecified atom stereocenters. The van der Waals surface area contributed by atoms with Gasteiger partial charge in [0.2, 0.25) is 0 Å². The molecule has 1 fully saturated rings. The molecule has 0 amide bonds. The summed E-state index contributed by atoms with van der Waals surface area (Å²) in [6.45, 7) is 0.730. The summed E-state index contributed by atoms with van der Waals surface area (Å²) < 4.78 is 0. The lowest BCUT2D eigenvalue weighted by molar-refractivity contribution is -0.158. The van der Waals surface area contributed by atoms with E-state index >= 15 is 0 Å². The van der Waals surface area contributed by atoms with Crippen molar-refractivity contribution in [3.8, 4) is 0 Å². The number of anilines is 1. The van der Waals surface area contributed by atoms with E-state index in [1.165, 1.54) is 4.90 Å². The Balaban J connectivity index is 1.50. The molecule has 2 aliphatic heterocycles. The number of aliphatic hydroxyl groups is 4. The van der Waals surface area contributed by atoms with Crippen LogP contribution in [0.2, 0.25) is 0 Å². The van der Waals surface area contributed by atoms with Gasteiger partial charge in [0.1, 0.15) is 24.9 Å². The lowest BCUT2D eigenvalue weighted by Crippen LogP contribution is -2.57. The normalized spacial score (nSPS) is 28.5. The van der Waals surface area contributed by atoms with Gasteiger partial charge < -0.3 is 30.8 Å². The molecule has 9 heteroatoms. The molecular weight excluding hydrogens is 402 g/mol. The minimum Gasteiger partial charge on any atom is -0.481 e. The zero-order valence-electron chi connectivity index (χ0n) is 17.8. The van der Waals surface area contributed by atoms with Gasteiger partial charge >= 0.3 is 5.97 Å². The van der Waals surface area contributed by atoms with Gasteiger partial charge in [0.25, 0.3) is 0 Å². The van der Waals surface area contributed by atoms with Crippen LogP contribution in [0.1, 0.15) is 81.4 Å². The lowest BCUT2D eigenvalue weighted by atomic mass is 10.0. The first-order valence-corrected chi connectivity index (χ1v) is 11.2. The summed E-state index contributed by atoms with van der Waals surface area (Å²) in [5.41, 5.74) is 2.02. The number of carbonyl (C=O) groups is 1. The molecule has 1 aromatic rings. The number of benzene rings is 1. The van der Waals surface area contributed by atoms with E-state index in [0.29, 0.717) is 24.0 Å². The number of carboxylic acids is 1. The average Bonchev–Trinajstić information content (AvgIpc) is 2.98. The molecule has 5 atom stereocenters. The van der Waals surface area contributed by atoms with Crippen molar-refractivity contribution >= 4 is 11.7 Å². The van der Waals surface area contributed by atoms with Gasteiger partial charge in [-0.05, 0) is 31.7 Å². The quantitative estimate of drug-likeness (QED) is 0.257. The van der Waals surface area contributed by atoms with E-state index in [9.17, 15) is 25.2 Å². The van der Waals surface area contributed by atoms with Crippen molar-refractivity contribution in [1.82, 2.24) is 10.2 Å². The maximum absolute atomic E-state index is 11.0. The van der Waals surface area contributed by atoms with Crippen LogP contribution in [-0.4, -0.2) is 61.4 Å². The molecule has 174 valence electrons. The first-order chi connectivity index (χ1) is 14.9. The molecule has 0 saturated carbocycles. The Labute approximate surface area is 182 Å². The van der Waals surface area contributed by atoms with E-state index in [1.54, 1.807) is 6.07 Å². The number of fused-ring (bicyclic) bond motifs is 1. The molecular formula is C22H35N3O6. The number of nitrogens with one attached hydrogen (secondary N) is 2. The van der Waals surface area contributed by atoms with Crippen LogP contribution in [0.3, 0.4) is 0 Å². The predicted octanol–water partition coefficient (Wildman–Crippen LogP) is 1.60. The van der Waals surface area contributed by atoms with Crippen molar-refractivity contribution in [2.75, 3.05) is 11.9 Å². The topological polar surface area (TPSA) is 146 Å². The van der Waals surface area contributed by atoms with Crippen molar-refractivity contribution in [2.24, 2.45) is 0 Å². The summed E-state index contributed by atoms with van der Waals surface area (Å²) in [4.78, 5) is 12.0. The van der Waals surface area contributed by atoms with Crippen molar-refractivity contribution in [1.29, 1.82) is 0 Å². The van der Waals surface area contributed by atoms with Crippen LogP contribution in [-0.2, 0) is 4.79 Å². The number of piperidine rings is 1. The van der Waals surface area contributed by atoms with E-state index in [1.807, 2.05) is 12.1 Å². The van der Waals surface area contributed by atoms with Crippen LogP contribution in [0.15, 0.2) is 18.2 Å². The molecule has 0 bridgehead atoms. The molecule has 9 nitrogen and oxygen atoms in total. The van der Waals surface area contributed by atoms with Crippen LogP contribution >= 0.6 is 0 Å². The van der Waals surface area contributed by atoms with Crippen molar-refractivity contribution in [2.45, 2.75) is 88.7 Å². The van der Waals surface area contributed by atoms with Gasteiger partial charge in [-0.3, -0.25) is 10.1 Å². The second-order valence-corrected chi connectivity index (χ2v) is 8.47. The summed E-state index contributed by atoms with van der Waals surface area (Å²) in [7, 11) is 0. The number of hydrogen-bond acceptors (Lipinski definition) is 8. The minimum atomic E-state index is -1.06. The number of aliphatic hydroxyl groups excluding tert-OH is 4. The minimum absolute atomic E-state index is 0.237. The Morgan fingerprint density at radius 2 is 1.71 bits per heavy atom. The van der Waals surface area contributed by atoms with Crippen molar-refractivity contribution in [3.63, 3.8) is 0 Å². The zero-order valence-corrected chi connectivity index (χ0v) is 17.8. The maximum atomic E-state index is 11.0. The van der Waals surface area contributed by atoms with E-state index < -0.39 is 36.9 Å². The summed E-state index contributed by atoms with van der Waals surface area (Å²) in [5.74, 6) is -0.739. The van der Waals surface area contributed by atoms with Crippen molar-refractivity contribution < 1.29 is 30.3 Å². The zero-order chi connectivity index (χ0) is 22.4. The van der Waals surface area contributed by atoms with Gasteiger partial charge in [0.05, 0.1) is 6.04 Å². The van der Waals surface area contributed by atoms with Gasteiger partial charge in [-0.2, -0.15) is 0 Å². The molecule has 2 heterocycles. The third-order valence-corrected chi connectivity index (χ3v) is 6.22. The third kappa shape index (κ3) is 5.94. The number of unbranched alkanes of at least 4 members (excludes halogenated alkanes) is 5. The van der Waals surface area contributed by atoms with Gasteiger partial charge in [0, 0.05) is 29.8 Å². The number of aliphatic carboxylic acids is 1. The highest BCUT2D eigenvalue weighted by Gasteiger charge is 2.45. The van der Waals surface area contributed by atoms with Crippen LogP contribution in [0.4, 0.5) is 5.69 Å². The first kappa shape index (κ1) is 23.9. The highest BCUT2D eigenvalue weighted by Crippen LogP contribution is 2.45. The van der Waals surface area contributed by atoms with Crippen LogP contribution < -0.4 is 10.6 Å². The number of rotatable bonds is 11. The predicted molar refractivity (Wildman–Crippen MR) is 115 cm³/mol. The van der Waals surface area contributed by atoms with E-state index in [0.717, 1.165) is 50.8 Å². The monoisotopic (exact) mass is 437 g/mol. The molecule has 3 rings (SSSR count). The van der Waals surface area contributed by atoms with Crippen LogP contribution in [0, 0.1) is 0 Å². The average molecular weight is 438 g/mol. The number of hydrogen-bond donors (Lipinski definition) is 7. The fourth-order valence-corrected chi connectivity index (χ4v) is 4.58. The summed E-state index contributed by atoms with van der Waals surface area (Å²) in [6.07, 6.45) is 2.92. The highest BCUT2D eigenvalue weighted by atomic mass is 16.4. The second kappa shape index (κ2) is 11.2.